The third-order valence-corrected chi connectivity index (χ3v) is 9.60. The summed E-state index contributed by atoms with van der Waals surface area (Å²) in [6.45, 7) is 4.59. The van der Waals surface area contributed by atoms with E-state index in [1.165, 1.54) is 44.3 Å². The standard InChI is InChI=1S/C34H41N3O/c38-33-34(22-29-12-6-8-20-35(29)24-26-16-17-26,23-30-13-7-9-21-36(30)25-27-18-19-27)31-14-4-5-15-32(31)37(33)28-10-2-1-3-11-28/h1-7,10-15,26-27,29-30H,8-9,16-25H2. The molecule has 2 fully saturated rings. The van der Waals surface area contributed by atoms with E-state index in [2.05, 4.69) is 70.5 Å². The molecule has 2 aromatic carbocycles. The van der Waals surface area contributed by atoms with Gasteiger partial charge in [0.1, 0.15) is 0 Å². The summed E-state index contributed by atoms with van der Waals surface area (Å²) in [5.74, 6) is 1.96. The number of anilines is 2. The Labute approximate surface area is 228 Å². The van der Waals surface area contributed by atoms with Crippen molar-refractivity contribution in [3.05, 3.63) is 84.5 Å². The second-order valence-corrected chi connectivity index (χ2v) is 12.4. The maximum Gasteiger partial charge on any atom is 0.242 e. The summed E-state index contributed by atoms with van der Waals surface area (Å²) in [4.78, 5) is 22.4. The predicted molar refractivity (Wildman–Crippen MR) is 155 cm³/mol. The molecule has 3 heterocycles. The lowest BCUT2D eigenvalue weighted by Gasteiger charge is -2.42. The summed E-state index contributed by atoms with van der Waals surface area (Å²) in [5.41, 5.74) is 2.74. The lowest BCUT2D eigenvalue weighted by atomic mass is 9.70. The van der Waals surface area contributed by atoms with E-state index in [1.54, 1.807) is 0 Å². The highest BCUT2D eigenvalue weighted by molar-refractivity contribution is 6.13. The number of hydrogen-bond acceptors (Lipinski definition) is 3. The minimum absolute atomic E-state index is 0.264. The third-order valence-electron chi connectivity index (χ3n) is 9.60. The summed E-state index contributed by atoms with van der Waals surface area (Å²) < 4.78 is 0. The van der Waals surface area contributed by atoms with Gasteiger partial charge < -0.3 is 0 Å². The fourth-order valence-electron chi connectivity index (χ4n) is 7.21. The van der Waals surface area contributed by atoms with Crippen LogP contribution in [0, 0.1) is 11.8 Å². The number of nitrogens with zero attached hydrogens (tertiary/aromatic N) is 3. The molecule has 2 atom stereocenters. The number of fused-ring (bicyclic) bond motifs is 1. The summed E-state index contributed by atoms with van der Waals surface area (Å²) in [5, 5.41) is 0. The quantitative estimate of drug-likeness (QED) is 0.364. The van der Waals surface area contributed by atoms with Crippen LogP contribution >= 0.6 is 0 Å². The smallest absolute Gasteiger partial charge is 0.242 e. The number of rotatable bonds is 9. The Morgan fingerprint density at radius 3 is 1.84 bits per heavy atom. The van der Waals surface area contributed by atoms with Gasteiger partial charge in [0.15, 0.2) is 0 Å². The number of carbonyl (C=O) groups is 1. The largest absolute Gasteiger partial charge is 0.296 e. The van der Waals surface area contributed by atoms with Gasteiger partial charge in [-0.1, -0.05) is 60.7 Å². The summed E-state index contributed by atoms with van der Waals surface area (Å²) in [7, 11) is 0. The maximum absolute atomic E-state index is 15.0. The highest BCUT2D eigenvalue weighted by Gasteiger charge is 2.54. The van der Waals surface area contributed by atoms with Crippen molar-refractivity contribution in [3.8, 4) is 0 Å². The molecule has 2 unspecified atom stereocenters. The fraction of sp³-hybridized carbons (Fsp3) is 0.500. The van der Waals surface area contributed by atoms with Crippen LogP contribution in [-0.2, 0) is 10.2 Å². The van der Waals surface area contributed by atoms with E-state index >= 15 is 0 Å². The van der Waals surface area contributed by atoms with Gasteiger partial charge in [0.25, 0.3) is 0 Å². The Morgan fingerprint density at radius 2 is 1.26 bits per heavy atom. The van der Waals surface area contributed by atoms with E-state index in [1.807, 2.05) is 23.1 Å². The van der Waals surface area contributed by atoms with Gasteiger partial charge >= 0.3 is 0 Å². The number of amides is 1. The van der Waals surface area contributed by atoms with E-state index < -0.39 is 5.41 Å². The van der Waals surface area contributed by atoms with Crippen LogP contribution in [0.5, 0.6) is 0 Å². The molecule has 4 heteroatoms. The van der Waals surface area contributed by atoms with E-state index in [9.17, 15) is 4.79 Å². The Morgan fingerprint density at radius 1 is 0.711 bits per heavy atom. The maximum atomic E-state index is 15.0. The van der Waals surface area contributed by atoms with Crippen LogP contribution in [0.15, 0.2) is 78.9 Å². The second-order valence-electron chi connectivity index (χ2n) is 12.4. The van der Waals surface area contributed by atoms with E-state index in [0.29, 0.717) is 12.1 Å². The summed E-state index contributed by atoms with van der Waals surface area (Å²) in [6, 6.07) is 19.6. The van der Waals surface area contributed by atoms with Crippen LogP contribution in [0.3, 0.4) is 0 Å². The molecule has 0 saturated heterocycles. The first-order valence-corrected chi connectivity index (χ1v) is 15.0. The zero-order valence-electron chi connectivity index (χ0n) is 22.6. The lowest BCUT2D eigenvalue weighted by Crippen LogP contribution is -2.51. The average Bonchev–Trinajstić information content (AvgIpc) is 3.89. The molecule has 3 aliphatic heterocycles. The normalized spacial score (nSPS) is 29.7. The van der Waals surface area contributed by atoms with Crippen molar-refractivity contribution in [2.24, 2.45) is 11.8 Å². The Bertz CT molecular complexity index is 1170. The molecule has 198 valence electrons. The molecule has 2 aliphatic carbocycles. The first-order chi connectivity index (χ1) is 18.7. The van der Waals surface area contributed by atoms with Gasteiger partial charge in [0.2, 0.25) is 5.91 Å². The van der Waals surface area contributed by atoms with Crippen molar-refractivity contribution in [2.45, 2.75) is 68.9 Å². The van der Waals surface area contributed by atoms with Gasteiger partial charge in [-0.25, -0.2) is 0 Å². The number of benzene rings is 2. The lowest BCUT2D eigenvalue weighted by molar-refractivity contribution is -0.124. The molecule has 0 bridgehead atoms. The molecule has 1 amide bonds. The zero-order valence-corrected chi connectivity index (χ0v) is 22.6. The van der Waals surface area contributed by atoms with Crippen molar-refractivity contribution < 1.29 is 4.79 Å². The third kappa shape index (κ3) is 4.67. The molecule has 0 spiro atoms. The highest BCUT2D eigenvalue weighted by Crippen LogP contribution is 2.52. The summed E-state index contributed by atoms with van der Waals surface area (Å²) in [6.07, 6.45) is 19.0. The molecule has 0 radical (unpaired) electrons. The molecule has 5 aliphatic rings. The molecule has 0 aromatic heterocycles. The van der Waals surface area contributed by atoms with Crippen molar-refractivity contribution in [3.63, 3.8) is 0 Å². The van der Waals surface area contributed by atoms with E-state index in [-0.39, 0.29) is 5.91 Å². The van der Waals surface area contributed by atoms with Gasteiger partial charge in [-0.15, -0.1) is 0 Å². The first-order valence-electron chi connectivity index (χ1n) is 15.0. The second kappa shape index (κ2) is 10.1. The van der Waals surface area contributed by atoms with E-state index in [4.69, 9.17) is 0 Å². The Hall–Kier alpha value is -2.69. The van der Waals surface area contributed by atoms with Gasteiger partial charge in [-0.05, 0) is 87.0 Å². The van der Waals surface area contributed by atoms with Crippen LogP contribution in [0.2, 0.25) is 0 Å². The monoisotopic (exact) mass is 507 g/mol. The van der Waals surface area contributed by atoms with Gasteiger partial charge in [0, 0.05) is 44.0 Å². The van der Waals surface area contributed by atoms with Gasteiger partial charge in [-0.2, -0.15) is 0 Å². The molecule has 4 nitrogen and oxygen atoms in total. The highest BCUT2D eigenvalue weighted by atomic mass is 16.2. The van der Waals surface area contributed by atoms with Crippen LogP contribution in [0.1, 0.15) is 56.9 Å². The van der Waals surface area contributed by atoms with Gasteiger partial charge in [0.05, 0.1) is 11.1 Å². The van der Waals surface area contributed by atoms with Gasteiger partial charge in [-0.3, -0.25) is 19.5 Å². The molecule has 7 rings (SSSR count). The summed E-state index contributed by atoms with van der Waals surface area (Å²) >= 11 is 0. The first kappa shape index (κ1) is 24.4. The number of para-hydroxylation sites is 2. The van der Waals surface area contributed by atoms with Crippen molar-refractivity contribution in [2.75, 3.05) is 31.1 Å². The Balaban J connectivity index is 1.30. The molecular weight excluding hydrogens is 466 g/mol. The van der Waals surface area contributed by atoms with Crippen molar-refractivity contribution in [1.82, 2.24) is 9.80 Å². The minimum atomic E-state index is -0.547. The number of hydrogen-bond donors (Lipinski definition) is 0. The van der Waals surface area contributed by atoms with Crippen LogP contribution < -0.4 is 4.90 Å². The number of carbonyl (C=O) groups excluding carboxylic acids is 1. The SMILES string of the molecule is O=C1N(c2ccccc2)c2ccccc2C1(CC1C=CCCN1CC1CC1)CC1C=CCCN1CC1CC1. The van der Waals surface area contributed by atoms with Crippen LogP contribution in [0.25, 0.3) is 0 Å². The molecule has 0 N–H and O–H groups in total. The van der Waals surface area contributed by atoms with Crippen molar-refractivity contribution in [1.29, 1.82) is 0 Å². The van der Waals surface area contributed by atoms with Crippen molar-refractivity contribution >= 4 is 17.3 Å². The average molecular weight is 508 g/mol. The molecular formula is C34H41N3O. The predicted octanol–water partition coefficient (Wildman–Crippen LogP) is 6.46. The zero-order chi connectivity index (χ0) is 25.5. The molecule has 2 saturated carbocycles. The van der Waals surface area contributed by atoms with Crippen LogP contribution in [0.4, 0.5) is 11.4 Å². The fourth-order valence-corrected chi connectivity index (χ4v) is 7.21. The topological polar surface area (TPSA) is 26.8 Å². The van der Waals surface area contributed by atoms with Crippen LogP contribution in [-0.4, -0.2) is 54.0 Å². The molecule has 2 aromatic rings. The molecule has 38 heavy (non-hydrogen) atoms. The van der Waals surface area contributed by atoms with E-state index in [0.717, 1.165) is 62.0 Å². The Kier molecular flexibility index (Phi) is 6.49. The minimum Gasteiger partial charge on any atom is -0.296 e.